The molecule has 0 aromatic heterocycles. The van der Waals surface area contributed by atoms with Crippen LogP contribution in [0.25, 0.3) is 0 Å². The molecule has 1 rings (SSSR count). The van der Waals surface area contributed by atoms with Crippen LogP contribution in [-0.2, 0) is 0 Å². The summed E-state index contributed by atoms with van der Waals surface area (Å²) in [5, 5.41) is 1.33. The van der Waals surface area contributed by atoms with Gasteiger partial charge in [0.25, 0.3) is 0 Å². The standard InChI is InChI=1S/C14H19BrCl2O/c1-3-5-6-7-11(15)10-8-13(17)14(18-4-2)9-12(10)16/h8-9,11H,3-7H2,1-2H3. The van der Waals surface area contributed by atoms with Crippen molar-refractivity contribution >= 4 is 39.1 Å². The molecule has 0 spiro atoms. The summed E-state index contributed by atoms with van der Waals surface area (Å²) >= 11 is 16.1. The van der Waals surface area contributed by atoms with Crippen LogP contribution in [0.3, 0.4) is 0 Å². The Morgan fingerprint density at radius 1 is 1.17 bits per heavy atom. The molecule has 0 saturated heterocycles. The summed E-state index contributed by atoms with van der Waals surface area (Å²) < 4.78 is 5.42. The summed E-state index contributed by atoms with van der Waals surface area (Å²) in [6.45, 7) is 4.71. The summed E-state index contributed by atoms with van der Waals surface area (Å²) in [6.07, 6.45) is 4.72. The van der Waals surface area contributed by atoms with Crippen molar-refractivity contribution < 1.29 is 4.74 Å². The maximum absolute atomic E-state index is 6.28. The average molecular weight is 354 g/mol. The van der Waals surface area contributed by atoms with Gasteiger partial charge in [-0.05, 0) is 25.0 Å². The van der Waals surface area contributed by atoms with Gasteiger partial charge in [0, 0.05) is 15.9 Å². The molecule has 0 radical (unpaired) electrons. The van der Waals surface area contributed by atoms with Crippen molar-refractivity contribution in [3.05, 3.63) is 27.7 Å². The van der Waals surface area contributed by atoms with E-state index < -0.39 is 0 Å². The lowest BCUT2D eigenvalue weighted by atomic mass is 10.1. The van der Waals surface area contributed by atoms with Crippen molar-refractivity contribution in [2.24, 2.45) is 0 Å². The fourth-order valence-electron chi connectivity index (χ4n) is 1.78. The predicted molar refractivity (Wildman–Crippen MR) is 83.4 cm³/mol. The minimum absolute atomic E-state index is 0.254. The first kappa shape index (κ1) is 16.1. The van der Waals surface area contributed by atoms with Gasteiger partial charge in [0.05, 0.1) is 11.6 Å². The van der Waals surface area contributed by atoms with Gasteiger partial charge >= 0.3 is 0 Å². The van der Waals surface area contributed by atoms with E-state index in [2.05, 4.69) is 22.9 Å². The van der Waals surface area contributed by atoms with Crippen molar-refractivity contribution in [2.45, 2.75) is 44.4 Å². The minimum Gasteiger partial charge on any atom is -0.492 e. The Morgan fingerprint density at radius 3 is 2.50 bits per heavy atom. The third kappa shape index (κ3) is 4.64. The molecule has 0 aliphatic rings. The molecule has 0 fully saturated rings. The normalized spacial score (nSPS) is 12.5. The lowest BCUT2D eigenvalue weighted by molar-refractivity contribution is 0.340. The molecular weight excluding hydrogens is 335 g/mol. The van der Waals surface area contributed by atoms with E-state index in [9.17, 15) is 0 Å². The van der Waals surface area contributed by atoms with Gasteiger partial charge in [-0.25, -0.2) is 0 Å². The van der Waals surface area contributed by atoms with Crippen LogP contribution in [0.4, 0.5) is 0 Å². The fourth-order valence-corrected chi connectivity index (χ4v) is 3.13. The van der Waals surface area contributed by atoms with Crippen molar-refractivity contribution in [1.29, 1.82) is 0 Å². The fraction of sp³-hybridized carbons (Fsp3) is 0.571. The smallest absolute Gasteiger partial charge is 0.139 e. The molecule has 4 heteroatoms. The average Bonchev–Trinajstić information content (AvgIpc) is 2.34. The van der Waals surface area contributed by atoms with E-state index in [0.717, 1.165) is 12.0 Å². The van der Waals surface area contributed by atoms with Gasteiger partial charge in [-0.1, -0.05) is 65.3 Å². The number of ether oxygens (including phenoxy) is 1. The van der Waals surface area contributed by atoms with Crippen LogP contribution >= 0.6 is 39.1 Å². The number of alkyl halides is 1. The van der Waals surface area contributed by atoms with Gasteiger partial charge in [-0.2, -0.15) is 0 Å². The molecule has 0 aliphatic carbocycles. The number of unbranched alkanes of at least 4 members (excludes halogenated alkanes) is 2. The van der Waals surface area contributed by atoms with Crippen molar-refractivity contribution in [2.75, 3.05) is 6.61 Å². The molecule has 0 aliphatic heterocycles. The Hall–Kier alpha value is 0.0800. The van der Waals surface area contributed by atoms with E-state index in [0.29, 0.717) is 22.4 Å². The predicted octanol–water partition coefficient (Wildman–Crippen LogP) is 6.41. The molecule has 0 N–H and O–H groups in total. The van der Waals surface area contributed by atoms with E-state index >= 15 is 0 Å². The van der Waals surface area contributed by atoms with Crippen LogP contribution in [0.5, 0.6) is 5.75 Å². The van der Waals surface area contributed by atoms with Crippen LogP contribution < -0.4 is 4.74 Å². The molecule has 102 valence electrons. The molecule has 1 atom stereocenters. The molecule has 1 aromatic carbocycles. The molecule has 0 heterocycles. The number of rotatable bonds is 7. The van der Waals surface area contributed by atoms with E-state index in [-0.39, 0.29) is 4.83 Å². The number of halogens is 3. The highest BCUT2D eigenvalue weighted by atomic mass is 79.9. The van der Waals surface area contributed by atoms with E-state index in [1.807, 2.05) is 13.0 Å². The third-order valence-electron chi connectivity index (χ3n) is 2.75. The lowest BCUT2D eigenvalue weighted by Crippen LogP contribution is -1.96. The van der Waals surface area contributed by atoms with Crippen molar-refractivity contribution in [1.82, 2.24) is 0 Å². The number of benzene rings is 1. The zero-order valence-electron chi connectivity index (χ0n) is 10.8. The largest absolute Gasteiger partial charge is 0.492 e. The number of hydrogen-bond acceptors (Lipinski definition) is 1. The Balaban J connectivity index is 2.79. The Bertz CT molecular complexity index is 382. The molecule has 1 aromatic rings. The van der Waals surface area contributed by atoms with Gasteiger partial charge in [-0.3, -0.25) is 0 Å². The first-order chi connectivity index (χ1) is 8.60. The summed E-state index contributed by atoms with van der Waals surface area (Å²) in [5.41, 5.74) is 1.04. The molecule has 18 heavy (non-hydrogen) atoms. The monoisotopic (exact) mass is 352 g/mol. The van der Waals surface area contributed by atoms with Gasteiger partial charge in [-0.15, -0.1) is 0 Å². The van der Waals surface area contributed by atoms with Gasteiger partial charge in [0.15, 0.2) is 0 Å². The van der Waals surface area contributed by atoms with Gasteiger partial charge in [0.2, 0.25) is 0 Å². The Morgan fingerprint density at radius 2 is 1.89 bits per heavy atom. The maximum Gasteiger partial charge on any atom is 0.139 e. The topological polar surface area (TPSA) is 9.23 Å². The molecule has 0 amide bonds. The van der Waals surface area contributed by atoms with E-state index in [4.69, 9.17) is 27.9 Å². The van der Waals surface area contributed by atoms with Crippen molar-refractivity contribution in [3.63, 3.8) is 0 Å². The molecule has 0 saturated carbocycles. The van der Waals surface area contributed by atoms with Crippen LogP contribution in [-0.4, -0.2) is 6.61 Å². The Kier molecular flexibility index (Phi) is 7.43. The second-order valence-electron chi connectivity index (χ2n) is 4.20. The van der Waals surface area contributed by atoms with Crippen LogP contribution in [0.15, 0.2) is 12.1 Å². The first-order valence-electron chi connectivity index (χ1n) is 6.35. The van der Waals surface area contributed by atoms with Gasteiger partial charge in [0.1, 0.15) is 5.75 Å². The highest BCUT2D eigenvalue weighted by molar-refractivity contribution is 9.09. The zero-order valence-corrected chi connectivity index (χ0v) is 13.9. The summed E-state index contributed by atoms with van der Waals surface area (Å²) in [5.74, 6) is 0.654. The second kappa shape index (κ2) is 8.29. The van der Waals surface area contributed by atoms with E-state index in [1.165, 1.54) is 19.3 Å². The molecular formula is C14H19BrCl2O. The van der Waals surface area contributed by atoms with Crippen LogP contribution in [0.2, 0.25) is 10.0 Å². The minimum atomic E-state index is 0.254. The summed E-state index contributed by atoms with van der Waals surface area (Å²) in [6, 6.07) is 3.71. The maximum atomic E-state index is 6.28. The molecule has 0 bridgehead atoms. The lowest BCUT2D eigenvalue weighted by Gasteiger charge is -2.14. The van der Waals surface area contributed by atoms with Crippen LogP contribution in [0.1, 0.15) is 49.9 Å². The summed E-state index contributed by atoms with van der Waals surface area (Å²) in [7, 11) is 0. The third-order valence-corrected chi connectivity index (χ3v) is 4.32. The Labute approximate surface area is 128 Å². The highest BCUT2D eigenvalue weighted by Crippen LogP contribution is 2.39. The number of hydrogen-bond donors (Lipinski definition) is 0. The van der Waals surface area contributed by atoms with Crippen molar-refractivity contribution in [3.8, 4) is 5.75 Å². The SMILES string of the molecule is CCCCCC(Br)c1cc(Cl)c(OCC)cc1Cl. The zero-order chi connectivity index (χ0) is 13.5. The first-order valence-corrected chi connectivity index (χ1v) is 8.03. The van der Waals surface area contributed by atoms with Gasteiger partial charge < -0.3 is 4.74 Å². The molecule has 1 nitrogen and oxygen atoms in total. The highest BCUT2D eigenvalue weighted by Gasteiger charge is 2.14. The summed E-state index contributed by atoms with van der Waals surface area (Å²) in [4.78, 5) is 0.254. The second-order valence-corrected chi connectivity index (χ2v) is 6.12. The quantitative estimate of drug-likeness (QED) is 0.406. The van der Waals surface area contributed by atoms with E-state index in [1.54, 1.807) is 6.07 Å². The van der Waals surface area contributed by atoms with Crippen LogP contribution in [0, 0.1) is 0 Å². The molecule has 1 unspecified atom stereocenters.